The highest BCUT2D eigenvalue weighted by atomic mass is 35.5. The van der Waals surface area contributed by atoms with Gasteiger partial charge >= 0.3 is 0 Å². The molecule has 0 aliphatic carbocycles. The van der Waals surface area contributed by atoms with Gasteiger partial charge in [-0.1, -0.05) is 11.6 Å². The first-order valence-corrected chi connectivity index (χ1v) is 9.90. The van der Waals surface area contributed by atoms with Crippen molar-refractivity contribution in [3.8, 4) is 0 Å². The van der Waals surface area contributed by atoms with Crippen molar-refractivity contribution in [2.24, 2.45) is 7.05 Å². The molecule has 10 nitrogen and oxygen atoms in total. The van der Waals surface area contributed by atoms with Gasteiger partial charge in [-0.25, -0.2) is 17.6 Å². The number of nitrogens with one attached hydrogen (secondary N) is 2. The fourth-order valence-corrected chi connectivity index (χ4v) is 3.33. The minimum Gasteiger partial charge on any atom is -0.321 e. The zero-order chi connectivity index (χ0) is 24.4. The molecule has 15 heteroatoms. The van der Waals surface area contributed by atoms with E-state index >= 15 is 0 Å². The molecule has 0 aliphatic rings. The highest BCUT2D eigenvalue weighted by Gasteiger charge is 2.29. The number of carbonyl (C=O) groups excluding carboxylic acids is 2. The summed E-state index contributed by atoms with van der Waals surface area (Å²) in [5.74, 6) is -1.50. The lowest BCUT2D eigenvalue weighted by molar-refractivity contribution is -0.117. The lowest BCUT2D eigenvalue weighted by Crippen LogP contribution is -2.24. The van der Waals surface area contributed by atoms with Gasteiger partial charge in [0.15, 0.2) is 0 Å². The first-order valence-electron chi connectivity index (χ1n) is 9.53. The average molecular weight is 491 g/mol. The van der Waals surface area contributed by atoms with E-state index in [1.165, 1.54) is 17.1 Å². The summed E-state index contributed by atoms with van der Waals surface area (Å²) in [7, 11) is 1.70. The second kappa shape index (κ2) is 9.60. The molecule has 33 heavy (non-hydrogen) atoms. The number of alkyl halides is 4. The molecule has 3 aromatic heterocycles. The summed E-state index contributed by atoms with van der Waals surface area (Å²) in [6.07, 6.45) is -3.78. The van der Waals surface area contributed by atoms with Crippen molar-refractivity contribution in [3.05, 3.63) is 40.2 Å². The molecule has 2 amide bonds. The number of aryl methyl sites for hydroxylation is 2. The van der Waals surface area contributed by atoms with E-state index in [-0.39, 0.29) is 17.9 Å². The summed E-state index contributed by atoms with van der Waals surface area (Å²) >= 11 is 5.60. The number of rotatable bonds is 8. The van der Waals surface area contributed by atoms with Crippen LogP contribution in [0.15, 0.2) is 12.4 Å². The summed E-state index contributed by atoms with van der Waals surface area (Å²) < 4.78 is 55.9. The summed E-state index contributed by atoms with van der Waals surface area (Å²) in [6, 6.07) is 0. The number of amides is 2. The van der Waals surface area contributed by atoms with Gasteiger partial charge in [-0.2, -0.15) is 15.3 Å². The highest BCUT2D eigenvalue weighted by Crippen LogP contribution is 2.34. The monoisotopic (exact) mass is 490 g/mol. The Balaban J connectivity index is 1.84. The van der Waals surface area contributed by atoms with E-state index in [0.717, 1.165) is 0 Å². The van der Waals surface area contributed by atoms with Gasteiger partial charge in [0.1, 0.15) is 23.6 Å². The number of halogens is 5. The van der Waals surface area contributed by atoms with Crippen LogP contribution in [0.25, 0.3) is 0 Å². The SMILES string of the molecule is CCn1ncc(NC(=O)Cn2nc(C(F)F)c(Cl)c2C(F)F)c1C(=O)Nc1cnn(C)c1C. The Kier molecular flexibility index (Phi) is 7.05. The van der Waals surface area contributed by atoms with Crippen molar-refractivity contribution in [2.75, 3.05) is 10.6 Å². The predicted molar refractivity (Wildman–Crippen MR) is 110 cm³/mol. The number of carbonyl (C=O) groups is 2. The van der Waals surface area contributed by atoms with Crippen LogP contribution in [0.4, 0.5) is 28.9 Å². The standard InChI is InChI=1S/C18H19ClF4N8O2/c1-4-30-14(18(33)27-9-5-24-29(3)8(9)2)10(6-25-30)26-11(32)7-31-15(17(22)23)12(19)13(28-31)16(20)21/h5-6,16-17H,4,7H2,1-3H3,(H,26,32)(H,27,33). The molecule has 2 N–H and O–H groups in total. The Hall–Kier alpha value is -3.42. The Bertz CT molecular complexity index is 1190. The van der Waals surface area contributed by atoms with E-state index in [2.05, 4.69) is 25.9 Å². The molecular formula is C18H19ClF4N8O2. The van der Waals surface area contributed by atoms with Crippen molar-refractivity contribution in [1.29, 1.82) is 0 Å². The molecule has 178 valence electrons. The van der Waals surface area contributed by atoms with E-state index in [1.54, 1.807) is 25.6 Å². The minimum absolute atomic E-state index is 0.00467. The molecule has 0 spiro atoms. The van der Waals surface area contributed by atoms with Crippen LogP contribution in [-0.2, 0) is 24.9 Å². The summed E-state index contributed by atoms with van der Waals surface area (Å²) in [4.78, 5) is 25.4. The van der Waals surface area contributed by atoms with Crippen molar-refractivity contribution in [3.63, 3.8) is 0 Å². The van der Waals surface area contributed by atoms with E-state index in [1.807, 2.05) is 0 Å². The fraction of sp³-hybridized carbons (Fsp3) is 0.389. The van der Waals surface area contributed by atoms with Crippen LogP contribution in [-0.4, -0.2) is 41.2 Å². The Labute approximate surface area is 189 Å². The first-order chi connectivity index (χ1) is 15.5. The summed E-state index contributed by atoms with van der Waals surface area (Å²) in [5.41, 5.74) is -0.944. The maximum Gasteiger partial charge on any atom is 0.283 e. The van der Waals surface area contributed by atoms with Gasteiger partial charge in [0, 0.05) is 13.6 Å². The molecule has 3 heterocycles. The third-order valence-corrected chi connectivity index (χ3v) is 5.16. The van der Waals surface area contributed by atoms with E-state index in [0.29, 0.717) is 16.1 Å². The van der Waals surface area contributed by atoms with Crippen LogP contribution >= 0.6 is 11.6 Å². The maximum absolute atomic E-state index is 13.3. The van der Waals surface area contributed by atoms with E-state index < -0.39 is 47.6 Å². The topological polar surface area (TPSA) is 112 Å². The number of hydrogen-bond donors (Lipinski definition) is 2. The normalized spacial score (nSPS) is 11.5. The minimum atomic E-state index is -3.24. The lowest BCUT2D eigenvalue weighted by Gasteiger charge is -2.11. The van der Waals surface area contributed by atoms with E-state index in [4.69, 9.17) is 11.6 Å². The molecule has 0 saturated heterocycles. The van der Waals surface area contributed by atoms with Crippen LogP contribution in [0.1, 0.15) is 47.3 Å². The summed E-state index contributed by atoms with van der Waals surface area (Å²) in [5, 5.41) is 15.5. The van der Waals surface area contributed by atoms with Gasteiger partial charge in [0.05, 0.1) is 34.5 Å². The van der Waals surface area contributed by atoms with Crippen LogP contribution < -0.4 is 10.6 Å². The molecule has 0 bridgehead atoms. The van der Waals surface area contributed by atoms with Gasteiger partial charge in [-0.3, -0.25) is 23.6 Å². The van der Waals surface area contributed by atoms with Crippen molar-refractivity contribution < 1.29 is 27.2 Å². The molecule has 0 aromatic carbocycles. The zero-order valence-electron chi connectivity index (χ0n) is 17.6. The molecule has 0 aliphatic heterocycles. The largest absolute Gasteiger partial charge is 0.321 e. The number of aromatic nitrogens is 6. The van der Waals surface area contributed by atoms with Gasteiger partial charge in [-0.15, -0.1) is 0 Å². The molecule has 0 saturated carbocycles. The number of hydrogen-bond acceptors (Lipinski definition) is 5. The van der Waals surface area contributed by atoms with Gasteiger partial charge in [-0.05, 0) is 13.8 Å². The van der Waals surface area contributed by atoms with Gasteiger partial charge in [0.2, 0.25) is 5.91 Å². The predicted octanol–water partition coefficient (Wildman–Crippen LogP) is 3.56. The fourth-order valence-electron chi connectivity index (χ4n) is 3.03. The van der Waals surface area contributed by atoms with Crippen molar-refractivity contribution in [1.82, 2.24) is 29.3 Å². The molecule has 3 aromatic rings. The zero-order valence-corrected chi connectivity index (χ0v) is 18.4. The molecule has 0 fully saturated rings. The third-order valence-electron chi connectivity index (χ3n) is 4.77. The highest BCUT2D eigenvalue weighted by molar-refractivity contribution is 6.32. The second-order valence-electron chi connectivity index (χ2n) is 6.84. The van der Waals surface area contributed by atoms with Crippen LogP contribution in [0.2, 0.25) is 5.02 Å². The molecule has 3 rings (SSSR count). The number of nitrogens with zero attached hydrogens (tertiary/aromatic N) is 6. The summed E-state index contributed by atoms with van der Waals surface area (Å²) in [6.45, 7) is 2.90. The second-order valence-corrected chi connectivity index (χ2v) is 7.21. The molecule has 0 radical (unpaired) electrons. The third kappa shape index (κ3) is 4.84. The van der Waals surface area contributed by atoms with Gasteiger partial charge < -0.3 is 10.6 Å². The Morgan fingerprint density at radius 2 is 1.73 bits per heavy atom. The first kappa shape index (κ1) is 24.2. The van der Waals surface area contributed by atoms with Crippen molar-refractivity contribution in [2.45, 2.75) is 39.8 Å². The lowest BCUT2D eigenvalue weighted by atomic mass is 10.3. The average Bonchev–Trinajstić information content (AvgIpc) is 3.39. The maximum atomic E-state index is 13.3. The van der Waals surface area contributed by atoms with Crippen LogP contribution in [0.3, 0.4) is 0 Å². The van der Waals surface area contributed by atoms with Gasteiger partial charge in [0.25, 0.3) is 18.8 Å². The molecule has 0 atom stereocenters. The van der Waals surface area contributed by atoms with Crippen LogP contribution in [0.5, 0.6) is 0 Å². The quantitative estimate of drug-likeness (QED) is 0.469. The van der Waals surface area contributed by atoms with E-state index in [9.17, 15) is 27.2 Å². The molecule has 0 unspecified atom stereocenters. The Morgan fingerprint density at radius 3 is 2.27 bits per heavy atom. The van der Waals surface area contributed by atoms with Crippen LogP contribution in [0, 0.1) is 6.92 Å². The molecular weight excluding hydrogens is 472 g/mol. The van der Waals surface area contributed by atoms with Crippen molar-refractivity contribution >= 4 is 34.8 Å². The Morgan fingerprint density at radius 1 is 1.06 bits per heavy atom. The number of anilines is 2. The smallest absolute Gasteiger partial charge is 0.283 e.